The van der Waals surface area contributed by atoms with Crippen LogP contribution in [0.25, 0.3) is 11.2 Å². The standard InChI is InChI=1S/C20H28N9O12P/c1-36-12-10(31)8(40-16(12)29-6-24-18(21)27-20(29)33)4-38-42(34,35)41-11-7(3-30)39-17(13(11)37-2)28-5-23-9-14(28)25-19(22)26-15(9)32/h5-8,10-13,16-17,30-31H,3-4H2,1-2H3,(H,34,35)(H2,21,27,33)(H3,22,25,26,32)/t7-,8-,10+,11+,12?,13?,16-,17-/m1/s1. The van der Waals surface area contributed by atoms with E-state index < -0.39 is 81.4 Å². The number of aliphatic hydroxyl groups excluding tert-OH is 2. The van der Waals surface area contributed by atoms with Gasteiger partial charge in [-0.25, -0.2) is 19.3 Å². The molecular weight excluding hydrogens is 589 g/mol. The molecule has 0 spiro atoms. The van der Waals surface area contributed by atoms with E-state index in [-0.39, 0.29) is 23.1 Å². The molecule has 0 radical (unpaired) electrons. The topological polar surface area (TPSA) is 297 Å². The Balaban J connectivity index is 1.31. The summed E-state index contributed by atoms with van der Waals surface area (Å²) in [6.45, 7) is -1.35. The molecule has 42 heavy (non-hydrogen) atoms. The summed E-state index contributed by atoms with van der Waals surface area (Å²) in [5.74, 6) is -0.463. The maximum absolute atomic E-state index is 13.0. The number of hydrogen-bond acceptors (Lipinski definition) is 17. The lowest BCUT2D eigenvalue weighted by atomic mass is 10.1. The van der Waals surface area contributed by atoms with Crippen LogP contribution in [0.15, 0.2) is 22.2 Å². The molecule has 0 saturated carbocycles. The van der Waals surface area contributed by atoms with E-state index in [0.717, 1.165) is 10.9 Å². The van der Waals surface area contributed by atoms with Gasteiger partial charge in [-0.05, 0) is 0 Å². The van der Waals surface area contributed by atoms with E-state index in [0.29, 0.717) is 0 Å². The fraction of sp³-hybridized carbons (Fsp3) is 0.600. The van der Waals surface area contributed by atoms with Crippen LogP contribution >= 0.6 is 7.82 Å². The summed E-state index contributed by atoms with van der Waals surface area (Å²) in [4.78, 5) is 52.6. The Morgan fingerprint density at radius 2 is 1.69 bits per heavy atom. The average Bonchev–Trinajstić information content (AvgIpc) is 3.60. The van der Waals surface area contributed by atoms with Crippen molar-refractivity contribution in [1.82, 2.24) is 34.1 Å². The minimum Gasteiger partial charge on any atom is -0.394 e. The zero-order valence-electron chi connectivity index (χ0n) is 22.0. The number of methoxy groups -OCH3 is 2. The van der Waals surface area contributed by atoms with Gasteiger partial charge in [0.05, 0.1) is 19.5 Å². The Bertz CT molecular complexity index is 1600. The van der Waals surface area contributed by atoms with E-state index >= 15 is 0 Å². The molecule has 3 aromatic heterocycles. The number of ether oxygens (including phenoxy) is 4. The average molecular weight is 617 g/mol. The number of aromatic nitrogens is 7. The summed E-state index contributed by atoms with van der Waals surface area (Å²) in [6, 6.07) is 0. The van der Waals surface area contributed by atoms with Gasteiger partial charge >= 0.3 is 13.5 Å². The van der Waals surface area contributed by atoms with Crippen LogP contribution in [0.5, 0.6) is 0 Å². The molecule has 3 unspecified atom stereocenters. The number of phosphoric ester groups is 1. The lowest BCUT2D eigenvalue weighted by Crippen LogP contribution is -2.38. The highest BCUT2D eigenvalue weighted by molar-refractivity contribution is 7.47. The Morgan fingerprint density at radius 1 is 1.02 bits per heavy atom. The third kappa shape index (κ3) is 5.54. The van der Waals surface area contributed by atoms with Gasteiger partial charge in [0.1, 0.15) is 43.0 Å². The number of H-pyrrole nitrogens is 1. The van der Waals surface area contributed by atoms with Gasteiger partial charge < -0.3 is 45.5 Å². The normalized spacial score (nSPS) is 31.1. The molecule has 9 atom stereocenters. The molecular formula is C20H28N9O12P. The molecule has 0 aromatic carbocycles. The number of rotatable bonds is 10. The number of nitrogens with one attached hydrogen (secondary N) is 1. The van der Waals surface area contributed by atoms with Gasteiger partial charge in [-0.2, -0.15) is 9.97 Å². The summed E-state index contributed by atoms with van der Waals surface area (Å²) in [6.07, 6.45) is -7.57. The molecule has 230 valence electrons. The van der Waals surface area contributed by atoms with Crippen molar-refractivity contribution in [1.29, 1.82) is 0 Å². The molecule has 0 bridgehead atoms. The SMILES string of the molecule is COC1[C@@H](O)[C@@H](COP(=O)(O)O[C@@H]2C(OC)[C@H](n3cnc4c(=O)[nH]c(N)nc43)O[C@@H]2CO)O[C@H]1n1cnc(N)nc1=O. The number of phosphoric acid groups is 1. The summed E-state index contributed by atoms with van der Waals surface area (Å²) in [7, 11) is -2.42. The van der Waals surface area contributed by atoms with Crippen molar-refractivity contribution in [3.63, 3.8) is 0 Å². The van der Waals surface area contributed by atoms with E-state index in [9.17, 15) is 29.3 Å². The lowest BCUT2D eigenvalue weighted by Gasteiger charge is -2.25. The highest BCUT2D eigenvalue weighted by Gasteiger charge is 2.51. The first-order valence-electron chi connectivity index (χ1n) is 12.2. The number of nitrogen functional groups attached to an aromatic ring is 2. The summed E-state index contributed by atoms with van der Waals surface area (Å²) in [5.41, 5.74) is 9.61. The van der Waals surface area contributed by atoms with Gasteiger partial charge in [0.2, 0.25) is 11.9 Å². The molecule has 21 nitrogen and oxygen atoms in total. The van der Waals surface area contributed by atoms with Crippen molar-refractivity contribution < 1.29 is 47.7 Å². The zero-order chi connectivity index (χ0) is 30.3. The Kier molecular flexibility index (Phi) is 8.40. The maximum atomic E-state index is 13.0. The summed E-state index contributed by atoms with van der Waals surface area (Å²) < 4.78 is 47.9. The maximum Gasteiger partial charge on any atom is 0.472 e. The van der Waals surface area contributed by atoms with Gasteiger partial charge in [0.25, 0.3) is 5.56 Å². The molecule has 0 aliphatic carbocycles. The second kappa shape index (κ2) is 11.7. The number of nitrogens with zero attached hydrogens (tertiary/aromatic N) is 6. The Hall–Kier alpha value is -3.37. The number of nitrogens with two attached hydrogens (primary N) is 2. The van der Waals surface area contributed by atoms with Crippen molar-refractivity contribution in [2.45, 2.75) is 49.1 Å². The van der Waals surface area contributed by atoms with E-state index in [4.69, 9.17) is 39.5 Å². The van der Waals surface area contributed by atoms with Crippen LogP contribution < -0.4 is 22.7 Å². The van der Waals surface area contributed by atoms with E-state index in [1.54, 1.807) is 0 Å². The molecule has 0 amide bonds. The molecule has 8 N–H and O–H groups in total. The minimum absolute atomic E-state index is 0.0318. The van der Waals surface area contributed by atoms with Crippen LogP contribution in [-0.4, -0.2) is 113 Å². The van der Waals surface area contributed by atoms with Gasteiger partial charge in [-0.1, -0.05) is 0 Å². The van der Waals surface area contributed by atoms with Crippen LogP contribution in [0, 0.1) is 0 Å². The first kappa shape index (κ1) is 30.1. The predicted octanol–water partition coefficient (Wildman–Crippen LogP) is -3.38. The zero-order valence-corrected chi connectivity index (χ0v) is 22.9. The molecule has 3 aromatic rings. The number of hydrogen-bond donors (Lipinski definition) is 6. The Morgan fingerprint density at radius 3 is 2.36 bits per heavy atom. The molecule has 2 aliphatic rings. The van der Waals surface area contributed by atoms with Gasteiger partial charge in [-0.3, -0.25) is 28.0 Å². The number of anilines is 2. The lowest BCUT2D eigenvalue weighted by molar-refractivity contribution is -0.0665. The van der Waals surface area contributed by atoms with Crippen LogP contribution in [-0.2, 0) is 32.6 Å². The second-order valence-corrected chi connectivity index (χ2v) is 10.6. The smallest absolute Gasteiger partial charge is 0.394 e. The van der Waals surface area contributed by atoms with Gasteiger partial charge in [-0.15, -0.1) is 0 Å². The number of imidazole rings is 1. The van der Waals surface area contributed by atoms with Crippen molar-refractivity contribution in [2.24, 2.45) is 0 Å². The monoisotopic (exact) mass is 617 g/mol. The summed E-state index contributed by atoms with van der Waals surface area (Å²) >= 11 is 0. The third-order valence-electron chi connectivity index (χ3n) is 6.72. The van der Waals surface area contributed by atoms with Crippen molar-refractivity contribution >= 4 is 30.9 Å². The first-order chi connectivity index (χ1) is 20.0. The van der Waals surface area contributed by atoms with Gasteiger partial charge in [0, 0.05) is 14.2 Å². The van der Waals surface area contributed by atoms with Crippen molar-refractivity contribution in [3.8, 4) is 0 Å². The predicted molar refractivity (Wildman–Crippen MR) is 136 cm³/mol. The van der Waals surface area contributed by atoms with Crippen LogP contribution in [0.3, 0.4) is 0 Å². The number of fused-ring (bicyclic) bond motifs is 1. The first-order valence-corrected chi connectivity index (χ1v) is 13.7. The second-order valence-electron chi connectivity index (χ2n) is 9.22. The fourth-order valence-electron chi connectivity index (χ4n) is 4.80. The van der Waals surface area contributed by atoms with Crippen molar-refractivity contribution in [3.05, 3.63) is 33.5 Å². The summed E-state index contributed by atoms with van der Waals surface area (Å²) in [5, 5.41) is 20.6. The van der Waals surface area contributed by atoms with E-state index in [1.807, 2.05) is 0 Å². The van der Waals surface area contributed by atoms with Gasteiger partial charge in [0.15, 0.2) is 23.6 Å². The largest absolute Gasteiger partial charge is 0.472 e. The van der Waals surface area contributed by atoms with Crippen LogP contribution in [0.2, 0.25) is 0 Å². The van der Waals surface area contributed by atoms with Crippen LogP contribution in [0.1, 0.15) is 12.5 Å². The fourth-order valence-corrected chi connectivity index (χ4v) is 5.76. The molecule has 5 heterocycles. The van der Waals surface area contributed by atoms with E-state index in [1.165, 1.54) is 25.1 Å². The number of aliphatic hydroxyl groups is 2. The minimum atomic E-state index is -4.95. The third-order valence-corrected chi connectivity index (χ3v) is 7.71. The highest BCUT2D eigenvalue weighted by atomic mass is 31.2. The van der Waals surface area contributed by atoms with Crippen molar-refractivity contribution in [2.75, 3.05) is 38.9 Å². The molecule has 22 heteroatoms. The Labute approximate surface area is 234 Å². The molecule has 2 saturated heterocycles. The highest BCUT2D eigenvalue weighted by Crippen LogP contribution is 2.49. The molecule has 2 aliphatic heterocycles. The quantitative estimate of drug-likeness (QED) is 0.121. The molecule has 2 fully saturated rings. The number of aromatic amines is 1. The van der Waals surface area contributed by atoms with Crippen LogP contribution in [0.4, 0.5) is 11.9 Å². The molecule has 5 rings (SSSR count). The van der Waals surface area contributed by atoms with E-state index in [2.05, 4.69) is 24.9 Å².